The number of hydrogen-bond donors (Lipinski definition) is 2. The zero-order valence-electron chi connectivity index (χ0n) is 10.8. The van der Waals surface area contributed by atoms with E-state index >= 15 is 0 Å². The van der Waals surface area contributed by atoms with Gasteiger partial charge in [-0.25, -0.2) is 17.9 Å². The van der Waals surface area contributed by atoms with E-state index in [4.69, 9.17) is 19.0 Å². The molecule has 1 heterocycles. The first kappa shape index (κ1) is 17.1. The molecular formula is C10H14BrNO7S. The van der Waals surface area contributed by atoms with Crippen LogP contribution in [0.1, 0.15) is 10.6 Å². The summed E-state index contributed by atoms with van der Waals surface area (Å²) in [6.07, 6.45) is -0.459. The molecule has 2 N–H and O–H groups in total. The predicted octanol–water partition coefficient (Wildman–Crippen LogP) is 0.680. The molecule has 0 aliphatic carbocycles. The van der Waals surface area contributed by atoms with E-state index in [0.29, 0.717) is 0 Å². The van der Waals surface area contributed by atoms with Gasteiger partial charge in [-0.1, -0.05) is 0 Å². The van der Waals surface area contributed by atoms with Gasteiger partial charge in [0.2, 0.25) is 15.8 Å². The van der Waals surface area contributed by atoms with Crippen LogP contribution in [-0.4, -0.2) is 53.0 Å². The van der Waals surface area contributed by atoms with Gasteiger partial charge in [-0.3, -0.25) is 0 Å². The molecule has 0 saturated carbocycles. The highest BCUT2D eigenvalue weighted by atomic mass is 79.9. The van der Waals surface area contributed by atoms with Gasteiger partial charge in [0.05, 0.1) is 12.7 Å². The summed E-state index contributed by atoms with van der Waals surface area (Å²) >= 11 is 2.87. The van der Waals surface area contributed by atoms with Gasteiger partial charge in [0.1, 0.15) is 4.90 Å². The van der Waals surface area contributed by atoms with Crippen molar-refractivity contribution in [3.8, 4) is 0 Å². The van der Waals surface area contributed by atoms with Gasteiger partial charge in [0.15, 0.2) is 4.67 Å². The number of halogens is 1. The summed E-state index contributed by atoms with van der Waals surface area (Å²) in [5.74, 6) is -1.83. The van der Waals surface area contributed by atoms with E-state index in [1.165, 1.54) is 14.2 Å². The fourth-order valence-corrected chi connectivity index (χ4v) is 3.32. The molecule has 0 spiro atoms. The van der Waals surface area contributed by atoms with Crippen LogP contribution in [0.3, 0.4) is 0 Å². The first-order valence-corrected chi connectivity index (χ1v) is 7.63. The van der Waals surface area contributed by atoms with Gasteiger partial charge in [0.25, 0.3) is 0 Å². The number of rotatable bonds is 8. The van der Waals surface area contributed by atoms with E-state index in [1.807, 2.05) is 0 Å². The Kier molecular flexibility index (Phi) is 6.14. The second-order valence-corrected chi connectivity index (χ2v) is 6.17. The molecule has 114 valence electrons. The predicted molar refractivity (Wildman–Crippen MR) is 71.2 cm³/mol. The SMILES string of the molecule is COCC(CNS(=O)(=O)c1cc(C(=O)O)oc1Br)OC. The first-order chi connectivity index (χ1) is 9.31. The molecule has 20 heavy (non-hydrogen) atoms. The monoisotopic (exact) mass is 371 g/mol. The van der Waals surface area contributed by atoms with Crippen molar-refractivity contribution in [2.24, 2.45) is 0 Å². The highest BCUT2D eigenvalue weighted by Gasteiger charge is 2.25. The van der Waals surface area contributed by atoms with E-state index in [0.717, 1.165) is 6.07 Å². The summed E-state index contributed by atoms with van der Waals surface area (Å²) in [5.41, 5.74) is 0. The van der Waals surface area contributed by atoms with Gasteiger partial charge in [-0.2, -0.15) is 0 Å². The largest absolute Gasteiger partial charge is 0.475 e. The summed E-state index contributed by atoms with van der Waals surface area (Å²) in [6.45, 7) is 0.193. The molecule has 1 aromatic rings. The lowest BCUT2D eigenvalue weighted by atomic mass is 10.4. The summed E-state index contributed by atoms with van der Waals surface area (Å²) in [5, 5.41) is 8.75. The van der Waals surface area contributed by atoms with E-state index in [1.54, 1.807) is 0 Å². The normalized spacial score (nSPS) is 13.3. The molecule has 0 amide bonds. The smallest absolute Gasteiger partial charge is 0.371 e. The van der Waals surface area contributed by atoms with Crippen molar-refractivity contribution in [2.45, 2.75) is 11.0 Å². The van der Waals surface area contributed by atoms with Gasteiger partial charge in [-0.15, -0.1) is 0 Å². The Bertz CT molecular complexity index is 568. The molecule has 1 atom stereocenters. The maximum atomic E-state index is 12.0. The molecule has 10 heteroatoms. The molecule has 8 nitrogen and oxygen atoms in total. The van der Waals surface area contributed by atoms with Crippen LogP contribution >= 0.6 is 15.9 Å². The third kappa shape index (κ3) is 4.28. The number of carboxylic acids is 1. The number of furan rings is 1. The molecule has 0 bridgehead atoms. The average molecular weight is 372 g/mol. The van der Waals surface area contributed by atoms with Crippen LogP contribution in [0.15, 0.2) is 20.0 Å². The van der Waals surface area contributed by atoms with Gasteiger partial charge in [-0.05, 0) is 15.9 Å². The van der Waals surface area contributed by atoms with Crippen molar-refractivity contribution in [3.63, 3.8) is 0 Å². The van der Waals surface area contributed by atoms with Crippen LogP contribution in [-0.2, 0) is 19.5 Å². The van der Waals surface area contributed by atoms with Crippen molar-refractivity contribution >= 4 is 31.9 Å². The van der Waals surface area contributed by atoms with E-state index < -0.39 is 27.9 Å². The van der Waals surface area contributed by atoms with Crippen molar-refractivity contribution in [3.05, 3.63) is 16.5 Å². The minimum atomic E-state index is -3.92. The van der Waals surface area contributed by atoms with Crippen LogP contribution in [0.4, 0.5) is 0 Å². The van der Waals surface area contributed by atoms with Crippen LogP contribution in [0.25, 0.3) is 0 Å². The fraction of sp³-hybridized carbons (Fsp3) is 0.500. The molecule has 1 aromatic heterocycles. The maximum absolute atomic E-state index is 12.0. The quantitative estimate of drug-likeness (QED) is 0.690. The molecule has 1 rings (SSSR count). The second-order valence-electron chi connectivity index (χ2n) is 3.72. The topological polar surface area (TPSA) is 115 Å². The van der Waals surface area contributed by atoms with Crippen LogP contribution in [0.5, 0.6) is 0 Å². The van der Waals surface area contributed by atoms with Crippen molar-refractivity contribution in [2.75, 3.05) is 27.4 Å². The van der Waals surface area contributed by atoms with E-state index in [9.17, 15) is 13.2 Å². The number of carbonyl (C=O) groups is 1. The number of hydrogen-bond acceptors (Lipinski definition) is 6. The Morgan fingerprint density at radius 1 is 1.55 bits per heavy atom. The number of nitrogens with one attached hydrogen (secondary N) is 1. The molecule has 0 saturated heterocycles. The van der Waals surface area contributed by atoms with Crippen LogP contribution < -0.4 is 4.72 Å². The Morgan fingerprint density at radius 3 is 2.65 bits per heavy atom. The Hall–Kier alpha value is -0.940. The molecular weight excluding hydrogens is 358 g/mol. The number of ether oxygens (including phenoxy) is 2. The Balaban J connectivity index is 2.86. The number of sulfonamides is 1. The second kappa shape index (κ2) is 7.18. The first-order valence-electron chi connectivity index (χ1n) is 5.35. The molecule has 0 fully saturated rings. The number of aromatic carboxylic acids is 1. The van der Waals surface area contributed by atoms with Gasteiger partial charge >= 0.3 is 5.97 Å². The molecule has 0 radical (unpaired) electrons. The zero-order chi connectivity index (χ0) is 15.3. The zero-order valence-corrected chi connectivity index (χ0v) is 13.2. The third-order valence-corrected chi connectivity index (χ3v) is 4.62. The van der Waals surface area contributed by atoms with Crippen LogP contribution in [0, 0.1) is 0 Å². The van der Waals surface area contributed by atoms with Crippen molar-refractivity contribution in [1.82, 2.24) is 4.72 Å². The van der Waals surface area contributed by atoms with E-state index in [-0.39, 0.29) is 22.7 Å². The Labute approximate surface area is 124 Å². The number of carboxylic acid groups (broad SMARTS) is 1. The van der Waals surface area contributed by atoms with Crippen molar-refractivity contribution < 1.29 is 32.2 Å². The van der Waals surface area contributed by atoms with Gasteiger partial charge < -0.3 is 19.0 Å². The molecule has 0 aliphatic rings. The highest BCUT2D eigenvalue weighted by Crippen LogP contribution is 2.26. The standard InChI is InChI=1S/C10H14BrNO7S/c1-17-5-6(18-2)4-12-20(15,16)8-3-7(10(13)14)19-9(8)11/h3,6,12H,4-5H2,1-2H3,(H,13,14). The lowest BCUT2D eigenvalue weighted by molar-refractivity contribution is 0.0320. The third-order valence-electron chi connectivity index (χ3n) is 2.34. The summed E-state index contributed by atoms with van der Waals surface area (Å²) in [4.78, 5) is 10.4. The molecule has 0 aromatic carbocycles. The fourth-order valence-electron chi connectivity index (χ4n) is 1.32. The maximum Gasteiger partial charge on any atom is 0.371 e. The summed E-state index contributed by atoms with van der Waals surface area (Å²) < 4.78 is 40.8. The molecule has 0 aliphatic heterocycles. The lowest BCUT2D eigenvalue weighted by Crippen LogP contribution is -2.35. The van der Waals surface area contributed by atoms with Crippen LogP contribution in [0.2, 0.25) is 0 Å². The van der Waals surface area contributed by atoms with Gasteiger partial charge in [0, 0.05) is 26.8 Å². The summed E-state index contributed by atoms with van der Waals surface area (Å²) in [6, 6.07) is 0.923. The Morgan fingerprint density at radius 2 is 2.20 bits per heavy atom. The van der Waals surface area contributed by atoms with Crippen molar-refractivity contribution in [1.29, 1.82) is 0 Å². The highest BCUT2D eigenvalue weighted by molar-refractivity contribution is 9.10. The number of methoxy groups -OCH3 is 2. The average Bonchev–Trinajstić information content (AvgIpc) is 2.77. The molecule has 1 unspecified atom stereocenters. The lowest BCUT2D eigenvalue weighted by Gasteiger charge is -2.14. The minimum absolute atomic E-state index is 0.0211. The summed E-state index contributed by atoms with van der Waals surface area (Å²) in [7, 11) is -1.03. The minimum Gasteiger partial charge on any atom is -0.475 e. The van der Waals surface area contributed by atoms with E-state index in [2.05, 4.69) is 20.7 Å².